The van der Waals surface area contributed by atoms with Crippen molar-refractivity contribution in [2.45, 2.75) is 13.0 Å². The third-order valence-electron chi connectivity index (χ3n) is 3.93. The van der Waals surface area contributed by atoms with Gasteiger partial charge in [-0.05, 0) is 29.8 Å². The number of nitrogens with zero attached hydrogens (tertiary/aromatic N) is 2. The van der Waals surface area contributed by atoms with E-state index in [1.54, 1.807) is 0 Å². The molecule has 1 amide bonds. The van der Waals surface area contributed by atoms with E-state index in [1.807, 2.05) is 11.9 Å². The Morgan fingerprint density at radius 2 is 1.90 bits per heavy atom. The van der Waals surface area contributed by atoms with Gasteiger partial charge in [0.15, 0.2) is 0 Å². The summed E-state index contributed by atoms with van der Waals surface area (Å²) in [5, 5.41) is 2.53. The molecule has 1 fully saturated rings. The van der Waals surface area contributed by atoms with E-state index in [4.69, 9.17) is 0 Å². The summed E-state index contributed by atoms with van der Waals surface area (Å²) in [6.45, 7) is 3.17. The van der Waals surface area contributed by atoms with E-state index >= 15 is 0 Å². The number of carbonyl (C=O) groups excluding carboxylic acids is 1. The molecule has 2 aromatic carbocycles. The van der Waals surface area contributed by atoms with E-state index in [1.165, 1.54) is 16.3 Å². The Morgan fingerprint density at radius 3 is 2.65 bits per heavy atom. The van der Waals surface area contributed by atoms with E-state index < -0.39 is 0 Å². The lowest BCUT2D eigenvalue weighted by Crippen LogP contribution is -2.46. The Hall–Kier alpha value is -1.87. The van der Waals surface area contributed by atoms with Gasteiger partial charge in [0, 0.05) is 19.6 Å². The van der Waals surface area contributed by atoms with Crippen LogP contribution in [0.3, 0.4) is 0 Å². The number of likely N-dealkylation sites (tertiary alicyclic amines) is 1. The van der Waals surface area contributed by atoms with Crippen molar-refractivity contribution in [1.82, 2.24) is 9.80 Å². The topological polar surface area (TPSA) is 23.6 Å². The van der Waals surface area contributed by atoms with Gasteiger partial charge in [0.1, 0.15) is 0 Å². The van der Waals surface area contributed by atoms with Gasteiger partial charge in [-0.15, -0.1) is 0 Å². The minimum Gasteiger partial charge on any atom is -0.341 e. The minimum atomic E-state index is 0.249. The lowest BCUT2D eigenvalue weighted by molar-refractivity contribution is -0.135. The summed E-state index contributed by atoms with van der Waals surface area (Å²) in [5.41, 5.74) is 1.28. The van der Waals surface area contributed by atoms with Crippen molar-refractivity contribution in [2.24, 2.45) is 0 Å². The fourth-order valence-electron chi connectivity index (χ4n) is 2.67. The Labute approximate surface area is 119 Å². The monoisotopic (exact) mass is 268 g/mol. The molecular weight excluding hydrogens is 248 g/mol. The van der Waals surface area contributed by atoms with Crippen LogP contribution in [0.2, 0.25) is 0 Å². The summed E-state index contributed by atoms with van der Waals surface area (Å²) < 4.78 is 0. The average Bonchev–Trinajstić information content (AvgIpc) is 2.36. The number of amides is 1. The Balaban J connectivity index is 1.70. The number of likely N-dealkylation sites (N-methyl/N-ethyl adjacent to an activating group) is 1. The number of hydrogen-bond acceptors (Lipinski definition) is 2. The third kappa shape index (κ3) is 2.68. The quantitative estimate of drug-likeness (QED) is 0.850. The molecule has 1 aliphatic rings. The number of benzene rings is 2. The van der Waals surface area contributed by atoms with Crippen molar-refractivity contribution in [3.05, 3.63) is 48.0 Å². The molecule has 1 aliphatic heterocycles. The highest BCUT2D eigenvalue weighted by Crippen LogP contribution is 2.19. The highest BCUT2D eigenvalue weighted by molar-refractivity contribution is 5.85. The molecule has 3 rings (SSSR count). The van der Waals surface area contributed by atoms with Crippen LogP contribution in [0.1, 0.15) is 12.0 Å². The smallest absolute Gasteiger partial charge is 0.236 e. The number of fused-ring (bicyclic) bond motifs is 1. The lowest BCUT2D eigenvalue weighted by atomic mass is 10.0. The predicted octanol–water partition coefficient (Wildman–Crippen LogP) is 2.50. The van der Waals surface area contributed by atoms with Crippen LogP contribution in [-0.4, -0.2) is 42.4 Å². The molecule has 0 radical (unpaired) electrons. The van der Waals surface area contributed by atoms with Gasteiger partial charge in [0.2, 0.25) is 5.91 Å². The molecular formula is C17H20N2O. The Bertz CT molecular complexity index is 614. The molecule has 1 saturated heterocycles. The van der Waals surface area contributed by atoms with Gasteiger partial charge in [0.25, 0.3) is 0 Å². The average molecular weight is 268 g/mol. The van der Waals surface area contributed by atoms with E-state index in [0.29, 0.717) is 6.54 Å². The number of carbonyl (C=O) groups is 1. The molecule has 3 heteroatoms. The first-order valence-corrected chi connectivity index (χ1v) is 7.17. The van der Waals surface area contributed by atoms with Crippen molar-refractivity contribution < 1.29 is 4.79 Å². The first-order chi connectivity index (χ1) is 9.74. The molecule has 0 saturated carbocycles. The van der Waals surface area contributed by atoms with Crippen LogP contribution in [-0.2, 0) is 11.3 Å². The molecule has 3 nitrogen and oxygen atoms in total. The van der Waals surface area contributed by atoms with E-state index in [0.717, 1.165) is 26.1 Å². The highest BCUT2D eigenvalue weighted by atomic mass is 16.2. The van der Waals surface area contributed by atoms with Gasteiger partial charge in [0.05, 0.1) is 6.54 Å². The molecule has 0 spiro atoms. The summed E-state index contributed by atoms with van der Waals surface area (Å²) in [5.74, 6) is 0.249. The molecule has 0 unspecified atom stereocenters. The SMILES string of the molecule is CN(CC(=O)N1CCC1)Cc1cccc2ccccc12. The van der Waals surface area contributed by atoms with E-state index in [-0.39, 0.29) is 5.91 Å². The molecule has 0 aliphatic carbocycles. The van der Waals surface area contributed by atoms with Crippen molar-refractivity contribution in [3.8, 4) is 0 Å². The van der Waals surface area contributed by atoms with Crippen LogP contribution in [0.25, 0.3) is 10.8 Å². The van der Waals surface area contributed by atoms with Crippen molar-refractivity contribution >= 4 is 16.7 Å². The predicted molar refractivity (Wildman–Crippen MR) is 81.5 cm³/mol. The summed E-state index contributed by atoms with van der Waals surface area (Å²) >= 11 is 0. The molecule has 20 heavy (non-hydrogen) atoms. The van der Waals surface area contributed by atoms with Crippen molar-refractivity contribution in [1.29, 1.82) is 0 Å². The zero-order chi connectivity index (χ0) is 13.9. The zero-order valence-corrected chi connectivity index (χ0v) is 11.9. The molecule has 0 N–H and O–H groups in total. The number of rotatable bonds is 4. The second-order valence-electron chi connectivity index (χ2n) is 5.54. The van der Waals surface area contributed by atoms with Gasteiger partial charge >= 0.3 is 0 Å². The van der Waals surface area contributed by atoms with Crippen LogP contribution in [0, 0.1) is 0 Å². The zero-order valence-electron chi connectivity index (χ0n) is 11.9. The fourth-order valence-corrected chi connectivity index (χ4v) is 2.67. The second kappa shape index (κ2) is 5.63. The van der Waals surface area contributed by atoms with Crippen molar-refractivity contribution in [3.63, 3.8) is 0 Å². The largest absolute Gasteiger partial charge is 0.341 e. The molecule has 0 atom stereocenters. The van der Waals surface area contributed by atoms with Crippen molar-refractivity contribution in [2.75, 3.05) is 26.7 Å². The maximum Gasteiger partial charge on any atom is 0.236 e. The molecule has 0 aromatic heterocycles. The van der Waals surface area contributed by atoms with Gasteiger partial charge in [-0.3, -0.25) is 9.69 Å². The molecule has 104 valence electrons. The molecule has 0 bridgehead atoms. The van der Waals surface area contributed by atoms with Crippen LogP contribution < -0.4 is 0 Å². The van der Waals surface area contributed by atoms with Crippen LogP contribution in [0.4, 0.5) is 0 Å². The maximum atomic E-state index is 12.0. The lowest BCUT2D eigenvalue weighted by Gasteiger charge is -2.32. The van der Waals surface area contributed by atoms with Gasteiger partial charge < -0.3 is 4.90 Å². The molecule has 2 aromatic rings. The fraction of sp³-hybridized carbons (Fsp3) is 0.353. The standard InChI is InChI=1S/C17H20N2O/c1-18(13-17(20)19-10-5-11-19)12-15-8-4-7-14-6-2-3-9-16(14)15/h2-4,6-9H,5,10-13H2,1H3. The van der Waals surface area contributed by atoms with Gasteiger partial charge in [-0.2, -0.15) is 0 Å². The van der Waals surface area contributed by atoms with Gasteiger partial charge in [-0.25, -0.2) is 0 Å². The normalized spacial score (nSPS) is 14.6. The minimum absolute atomic E-state index is 0.249. The number of hydrogen-bond donors (Lipinski definition) is 0. The first kappa shape index (κ1) is 13.1. The van der Waals surface area contributed by atoms with Crippen LogP contribution in [0.15, 0.2) is 42.5 Å². The highest BCUT2D eigenvalue weighted by Gasteiger charge is 2.21. The summed E-state index contributed by atoms with van der Waals surface area (Å²) in [6.07, 6.45) is 1.15. The summed E-state index contributed by atoms with van der Waals surface area (Å²) in [4.78, 5) is 16.0. The third-order valence-corrected chi connectivity index (χ3v) is 3.93. The Morgan fingerprint density at radius 1 is 1.15 bits per heavy atom. The summed E-state index contributed by atoms with van der Waals surface area (Å²) in [7, 11) is 2.01. The van der Waals surface area contributed by atoms with E-state index in [2.05, 4.69) is 47.4 Å². The van der Waals surface area contributed by atoms with E-state index in [9.17, 15) is 4.79 Å². The summed E-state index contributed by atoms with van der Waals surface area (Å²) in [6, 6.07) is 14.8. The van der Waals surface area contributed by atoms with Crippen LogP contribution >= 0.6 is 0 Å². The Kier molecular flexibility index (Phi) is 3.70. The second-order valence-corrected chi connectivity index (χ2v) is 5.54. The van der Waals surface area contributed by atoms with Gasteiger partial charge in [-0.1, -0.05) is 42.5 Å². The maximum absolute atomic E-state index is 12.0. The molecule has 1 heterocycles. The van der Waals surface area contributed by atoms with Crippen LogP contribution in [0.5, 0.6) is 0 Å². The first-order valence-electron chi connectivity index (χ1n) is 7.17.